The Morgan fingerprint density at radius 2 is 1.91 bits per heavy atom. The van der Waals surface area contributed by atoms with Gasteiger partial charge < -0.3 is 15.3 Å². The average molecular weight is 318 g/mol. The minimum absolute atomic E-state index is 0.0772. The number of carbonyl (C=O) groups excluding carboxylic acids is 2. The zero-order valence-corrected chi connectivity index (χ0v) is 13.9. The maximum Gasteiger partial charge on any atom is 0.222 e. The molecule has 23 heavy (non-hydrogen) atoms. The monoisotopic (exact) mass is 318 g/mol. The first-order valence-corrected chi connectivity index (χ1v) is 8.26. The van der Waals surface area contributed by atoms with Gasteiger partial charge in [-0.15, -0.1) is 0 Å². The first-order valence-electron chi connectivity index (χ1n) is 8.26. The van der Waals surface area contributed by atoms with E-state index in [0.29, 0.717) is 19.5 Å². The zero-order chi connectivity index (χ0) is 16.8. The number of nitrogens with zero attached hydrogens (tertiary/aromatic N) is 1. The van der Waals surface area contributed by atoms with Gasteiger partial charge in [-0.3, -0.25) is 9.59 Å². The minimum atomic E-state index is -0.602. The third-order valence-corrected chi connectivity index (χ3v) is 4.22. The number of carbonyl (C=O) groups is 2. The van der Waals surface area contributed by atoms with Crippen LogP contribution in [0.1, 0.15) is 44.2 Å². The van der Waals surface area contributed by atoms with Gasteiger partial charge in [-0.25, -0.2) is 0 Å². The molecule has 1 aromatic rings. The third kappa shape index (κ3) is 5.36. The van der Waals surface area contributed by atoms with Crippen LogP contribution in [0.2, 0.25) is 0 Å². The van der Waals surface area contributed by atoms with Gasteiger partial charge in [0.05, 0.1) is 12.5 Å². The van der Waals surface area contributed by atoms with Crippen LogP contribution in [-0.2, 0) is 22.7 Å². The molecule has 2 amide bonds. The van der Waals surface area contributed by atoms with Crippen molar-refractivity contribution in [3.05, 3.63) is 35.4 Å². The van der Waals surface area contributed by atoms with Crippen molar-refractivity contribution in [3.63, 3.8) is 0 Å². The lowest BCUT2D eigenvalue weighted by Crippen LogP contribution is -2.29. The summed E-state index contributed by atoms with van der Waals surface area (Å²) >= 11 is 0. The van der Waals surface area contributed by atoms with Gasteiger partial charge in [-0.2, -0.15) is 0 Å². The van der Waals surface area contributed by atoms with E-state index in [1.54, 1.807) is 0 Å². The number of nitrogens with one attached hydrogen (secondary N) is 1. The highest BCUT2D eigenvalue weighted by Crippen LogP contribution is 2.14. The zero-order valence-electron chi connectivity index (χ0n) is 13.9. The van der Waals surface area contributed by atoms with E-state index < -0.39 is 6.10 Å². The molecule has 126 valence electrons. The molecule has 0 saturated carbocycles. The lowest BCUT2D eigenvalue weighted by molar-refractivity contribution is -0.128. The van der Waals surface area contributed by atoms with Crippen LogP contribution in [-0.4, -0.2) is 34.5 Å². The molecule has 1 unspecified atom stereocenters. The fraction of sp³-hybridized carbons (Fsp3) is 0.556. The number of aliphatic hydroxyl groups excluding tert-OH is 1. The van der Waals surface area contributed by atoms with Crippen molar-refractivity contribution in [2.75, 3.05) is 6.54 Å². The molecule has 1 saturated heterocycles. The van der Waals surface area contributed by atoms with Crippen molar-refractivity contribution in [1.29, 1.82) is 0 Å². The molecule has 0 radical (unpaired) electrons. The number of rotatable bonds is 7. The quantitative estimate of drug-likeness (QED) is 0.806. The van der Waals surface area contributed by atoms with Gasteiger partial charge in [0.2, 0.25) is 11.8 Å². The molecule has 1 fully saturated rings. The van der Waals surface area contributed by atoms with Crippen LogP contribution in [0.3, 0.4) is 0 Å². The molecule has 1 aliphatic heterocycles. The summed E-state index contributed by atoms with van der Waals surface area (Å²) in [6.07, 6.45) is 1.14. The molecule has 0 aromatic heterocycles. The van der Waals surface area contributed by atoms with E-state index in [4.69, 9.17) is 0 Å². The minimum Gasteiger partial charge on any atom is -0.392 e. The second-order valence-electron chi connectivity index (χ2n) is 6.53. The molecule has 2 rings (SSSR count). The van der Waals surface area contributed by atoms with Gasteiger partial charge >= 0.3 is 0 Å². The van der Waals surface area contributed by atoms with E-state index >= 15 is 0 Å². The second-order valence-corrected chi connectivity index (χ2v) is 6.53. The fourth-order valence-corrected chi connectivity index (χ4v) is 2.55. The molecule has 1 aliphatic rings. The Kier molecular flexibility index (Phi) is 6.16. The highest BCUT2D eigenvalue weighted by molar-refractivity contribution is 5.78. The molecule has 0 spiro atoms. The molecule has 0 bridgehead atoms. The van der Waals surface area contributed by atoms with E-state index in [-0.39, 0.29) is 24.2 Å². The Bertz CT molecular complexity index is 540. The topological polar surface area (TPSA) is 69.6 Å². The summed E-state index contributed by atoms with van der Waals surface area (Å²) in [6, 6.07) is 7.93. The fourth-order valence-electron chi connectivity index (χ4n) is 2.55. The largest absolute Gasteiger partial charge is 0.392 e. The van der Waals surface area contributed by atoms with Crippen LogP contribution in [0, 0.1) is 5.92 Å². The van der Waals surface area contributed by atoms with E-state index in [0.717, 1.165) is 24.1 Å². The van der Waals surface area contributed by atoms with Crippen LogP contribution in [0.15, 0.2) is 24.3 Å². The molecule has 1 aromatic carbocycles. The van der Waals surface area contributed by atoms with E-state index in [2.05, 4.69) is 5.32 Å². The normalized spacial score (nSPS) is 16.0. The molecular formula is C18H26N2O3. The molecule has 1 heterocycles. The molecule has 5 heteroatoms. The van der Waals surface area contributed by atoms with Crippen molar-refractivity contribution >= 4 is 11.8 Å². The second kappa shape index (κ2) is 8.11. The number of hydrogen-bond donors (Lipinski definition) is 2. The van der Waals surface area contributed by atoms with Crippen molar-refractivity contribution < 1.29 is 14.7 Å². The molecule has 2 N–H and O–H groups in total. The van der Waals surface area contributed by atoms with Crippen molar-refractivity contribution in [1.82, 2.24) is 10.2 Å². The summed E-state index contributed by atoms with van der Waals surface area (Å²) in [7, 11) is 0. The number of benzene rings is 1. The van der Waals surface area contributed by atoms with E-state index in [1.807, 2.05) is 43.0 Å². The third-order valence-electron chi connectivity index (χ3n) is 4.22. The summed E-state index contributed by atoms with van der Waals surface area (Å²) in [6.45, 7) is 5.73. The van der Waals surface area contributed by atoms with Crippen LogP contribution in [0.5, 0.6) is 0 Å². The van der Waals surface area contributed by atoms with Gasteiger partial charge in [-0.1, -0.05) is 38.1 Å². The lowest BCUT2D eigenvalue weighted by atomic mass is 10.0. The first kappa shape index (κ1) is 17.5. The maximum atomic E-state index is 11.7. The average Bonchev–Trinajstić information content (AvgIpc) is 2.91. The van der Waals surface area contributed by atoms with Crippen molar-refractivity contribution in [3.8, 4) is 0 Å². The maximum absolute atomic E-state index is 11.7. The molecule has 1 atom stereocenters. The predicted molar refractivity (Wildman–Crippen MR) is 88.4 cm³/mol. The molecule has 5 nitrogen and oxygen atoms in total. The Morgan fingerprint density at radius 3 is 2.48 bits per heavy atom. The number of likely N-dealkylation sites (tertiary alicyclic amines) is 1. The van der Waals surface area contributed by atoms with Gasteiger partial charge in [0.1, 0.15) is 0 Å². The number of aliphatic hydroxyl groups is 1. The SMILES string of the molecule is CC(C)C(O)CC(=O)NCc1ccc(CN2CCCC2=O)cc1. The summed E-state index contributed by atoms with van der Waals surface area (Å²) in [5.74, 6) is 0.163. The lowest BCUT2D eigenvalue weighted by Gasteiger charge is -2.16. The van der Waals surface area contributed by atoms with Gasteiger partial charge in [0.15, 0.2) is 0 Å². The van der Waals surface area contributed by atoms with Crippen LogP contribution in [0.25, 0.3) is 0 Å². The summed E-state index contributed by atoms with van der Waals surface area (Å²) in [5.41, 5.74) is 2.11. The molecule has 0 aliphatic carbocycles. The Morgan fingerprint density at radius 1 is 1.26 bits per heavy atom. The highest BCUT2D eigenvalue weighted by atomic mass is 16.3. The van der Waals surface area contributed by atoms with Crippen LogP contribution >= 0.6 is 0 Å². The predicted octanol–water partition coefficient (Wildman–Crippen LogP) is 1.83. The summed E-state index contributed by atoms with van der Waals surface area (Å²) in [5, 5.41) is 12.5. The standard InChI is InChI=1S/C18H26N2O3/c1-13(2)16(21)10-17(22)19-11-14-5-7-15(8-6-14)12-20-9-3-4-18(20)23/h5-8,13,16,21H,3-4,9-12H2,1-2H3,(H,19,22). The Hall–Kier alpha value is -1.88. The van der Waals surface area contributed by atoms with E-state index in [1.165, 1.54) is 0 Å². The number of amides is 2. The van der Waals surface area contributed by atoms with Crippen LogP contribution < -0.4 is 5.32 Å². The van der Waals surface area contributed by atoms with Gasteiger partial charge in [0.25, 0.3) is 0 Å². The summed E-state index contributed by atoms with van der Waals surface area (Å²) in [4.78, 5) is 25.2. The first-order chi connectivity index (χ1) is 11.0. The number of hydrogen-bond acceptors (Lipinski definition) is 3. The summed E-state index contributed by atoms with van der Waals surface area (Å²) < 4.78 is 0. The van der Waals surface area contributed by atoms with Crippen molar-refractivity contribution in [2.24, 2.45) is 5.92 Å². The van der Waals surface area contributed by atoms with Crippen LogP contribution in [0.4, 0.5) is 0 Å². The molecular weight excluding hydrogens is 292 g/mol. The highest BCUT2D eigenvalue weighted by Gasteiger charge is 2.19. The van der Waals surface area contributed by atoms with Crippen molar-refractivity contribution in [2.45, 2.75) is 52.3 Å². The Labute approximate surface area is 137 Å². The van der Waals surface area contributed by atoms with E-state index in [9.17, 15) is 14.7 Å². The smallest absolute Gasteiger partial charge is 0.222 e. The Balaban J connectivity index is 1.78. The van der Waals surface area contributed by atoms with Gasteiger partial charge in [0, 0.05) is 26.1 Å². The van der Waals surface area contributed by atoms with Gasteiger partial charge in [-0.05, 0) is 23.5 Å².